The van der Waals surface area contributed by atoms with Gasteiger partial charge in [0.1, 0.15) is 6.61 Å². The molecule has 0 spiro atoms. The molecule has 3 rings (SSSR count). The van der Waals surface area contributed by atoms with Crippen molar-refractivity contribution >= 4 is 15.7 Å². The van der Waals surface area contributed by atoms with Crippen LogP contribution in [0.4, 0.5) is 5.82 Å². The molecule has 0 fully saturated rings. The number of anilines is 1. The minimum Gasteiger partial charge on any atom is -0.470 e. The van der Waals surface area contributed by atoms with Crippen LogP contribution in [-0.4, -0.2) is 24.6 Å². The van der Waals surface area contributed by atoms with Gasteiger partial charge < -0.3 is 10.5 Å². The van der Waals surface area contributed by atoms with Crippen molar-refractivity contribution in [3.8, 4) is 17.1 Å². The second kappa shape index (κ2) is 6.90. The zero-order chi connectivity index (χ0) is 17.9. The molecule has 2 aromatic carbocycles. The minimum atomic E-state index is -3.24. The maximum Gasteiger partial charge on any atom is 0.258 e. The monoisotopic (exact) mass is 355 g/mol. The van der Waals surface area contributed by atoms with Crippen molar-refractivity contribution in [1.29, 1.82) is 0 Å². The normalized spacial score (nSPS) is 11.2. The van der Waals surface area contributed by atoms with Crippen LogP contribution in [0, 0.1) is 0 Å². The van der Waals surface area contributed by atoms with Gasteiger partial charge in [-0.05, 0) is 17.7 Å². The third-order valence-electron chi connectivity index (χ3n) is 3.56. The van der Waals surface area contributed by atoms with Gasteiger partial charge in [-0.1, -0.05) is 42.5 Å². The van der Waals surface area contributed by atoms with E-state index in [2.05, 4.69) is 9.97 Å². The van der Waals surface area contributed by atoms with Crippen molar-refractivity contribution in [2.45, 2.75) is 11.5 Å². The number of rotatable bonds is 5. The fourth-order valence-electron chi connectivity index (χ4n) is 2.23. The standard InChI is InChI=1S/C18H17N3O3S/c1-25(22,23)15-9-7-14(8-10-15)16-11-20-17(19)18(21-16)24-12-13-5-3-2-4-6-13/h2-11H,12H2,1H3,(H2,19,20). The minimum absolute atomic E-state index is 0.201. The summed E-state index contributed by atoms with van der Waals surface area (Å²) in [5, 5.41) is 0. The highest BCUT2D eigenvalue weighted by Crippen LogP contribution is 2.24. The van der Waals surface area contributed by atoms with Crippen LogP contribution in [0.25, 0.3) is 11.3 Å². The van der Waals surface area contributed by atoms with Gasteiger partial charge in [0.15, 0.2) is 15.7 Å². The maximum absolute atomic E-state index is 11.5. The number of nitrogens with two attached hydrogens (primary N) is 1. The maximum atomic E-state index is 11.5. The Kier molecular flexibility index (Phi) is 4.67. The van der Waals surface area contributed by atoms with Gasteiger partial charge in [0.05, 0.1) is 16.8 Å². The average Bonchev–Trinajstić information content (AvgIpc) is 2.61. The Balaban J connectivity index is 1.83. The Morgan fingerprint density at radius 2 is 1.72 bits per heavy atom. The lowest BCUT2D eigenvalue weighted by molar-refractivity contribution is 0.295. The number of nitrogens with zero attached hydrogens (tertiary/aromatic N) is 2. The largest absolute Gasteiger partial charge is 0.470 e. The molecule has 0 amide bonds. The quantitative estimate of drug-likeness (QED) is 0.756. The van der Waals surface area contributed by atoms with Crippen LogP contribution >= 0.6 is 0 Å². The van der Waals surface area contributed by atoms with Crippen LogP contribution in [0.5, 0.6) is 5.88 Å². The lowest BCUT2D eigenvalue weighted by Gasteiger charge is -2.09. The van der Waals surface area contributed by atoms with Gasteiger partial charge in [0, 0.05) is 11.8 Å². The van der Waals surface area contributed by atoms with Gasteiger partial charge in [-0.2, -0.15) is 0 Å². The van der Waals surface area contributed by atoms with E-state index in [-0.39, 0.29) is 16.6 Å². The Labute approximate surface area is 146 Å². The summed E-state index contributed by atoms with van der Waals surface area (Å²) in [6.07, 6.45) is 2.70. The molecule has 0 unspecified atom stereocenters. The van der Waals surface area contributed by atoms with Crippen LogP contribution in [0.2, 0.25) is 0 Å². The lowest BCUT2D eigenvalue weighted by Crippen LogP contribution is -2.03. The highest BCUT2D eigenvalue weighted by atomic mass is 32.2. The van der Waals surface area contributed by atoms with E-state index in [0.717, 1.165) is 11.1 Å². The molecule has 0 atom stereocenters. The molecule has 0 saturated heterocycles. The Morgan fingerprint density at radius 1 is 1.04 bits per heavy atom. The SMILES string of the molecule is CS(=O)(=O)c1ccc(-c2cnc(N)c(OCc3ccccc3)n2)cc1. The average molecular weight is 355 g/mol. The highest BCUT2D eigenvalue weighted by molar-refractivity contribution is 7.90. The molecule has 0 aliphatic heterocycles. The molecule has 0 aliphatic rings. The fourth-order valence-corrected chi connectivity index (χ4v) is 2.86. The summed E-state index contributed by atoms with van der Waals surface area (Å²) >= 11 is 0. The number of sulfone groups is 1. The van der Waals surface area contributed by atoms with E-state index in [0.29, 0.717) is 12.3 Å². The molecule has 0 bridgehead atoms. The van der Waals surface area contributed by atoms with Crippen LogP contribution in [0.3, 0.4) is 0 Å². The third kappa shape index (κ3) is 4.13. The van der Waals surface area contributed by atoms with E-state index < -0.39 is 9.84 Å². The molecule has 7 heteroatoms. The van der Waals surface area contributed by atoms with Crippen molar-refractivity contribution in [3.63, 3.8) is 0 Å². The summed E-state index contributed by atoms with van der Waals surface area (Å²) in [5.74, 6) is 0.445. The van der Waals surface area contributed by atoms with E-state index in [1.54, 1.807) is 12.1 Å². The van der Waals surface area contributed by atoms with Gasteiger partial charge in [-0.25, -0.2) is 18.4 Å². The molecular weight excluding hydrogens is 338 g/mol. The smallest absolute Gasteiger partial charge is 0.258 e. The predicted octanol–water partition coefficient (Wildman–Crippen LogP) is 2.71. The van der Waals surface area contributed by atoms with E-state index in [4.69, 9.17) is 10.5 Å². The number of ether oxygens (including phenoxy) is 1. The summed E-state index contributed by atoms with van der Waals surface area (Å²) in [7, 11) is -3.24. The molecule has 0 aliphatic carbocycles. The number of hydrogen-bond acceptors (Lipinski definition) is 6. The molecule has 25 heavy (non-hydrogen) atoms. The Hall–Kier alpha value is -2.93. The highest BCUT2D eigenvalue weighted by Gasteiger charge is 2.10. The third-order valence-corrected chi connectivity index (χ3v) is 4.69. The molecule has 3 aromatic rings. The van der Waals surface area contributed by atoms with Crippen molar-refractivity contribution in [2.75, 3.05) is 12.0 Å². The first-order valence-corrected chi connectivity index (χ1v) is 9.42. The van der Waals surface area contributed by atoms with Crippen LogP contribution in [0.15, 0.2) is 65.7 Å². The summed E-state index contributed by atoms with van der Waals surface area (Å²) in [6, 6.07) is 16.1. The Bertz CT molecular complexity index is 972. The second-order valence-electron chi connectivity index (χ2n) is 5.52. The molecule has 1 heterocycles. The molecule has 2 N–H and O–H groups in total. The van der Waals surface area contributed by atoms with Crippen LogP contribution in [0.1, 0.15) is 5.56 Å². The molecule has 1 aromatic heterocycles. The number of hydrogen-bond donors (Lipinski definition) is 1. The van der Waals surface area contributed by atoms with Gasteiger partial charge in [-0.3, -0.25) is 0 Å². The lowest BCUT2D eigenvalue weighted by atomic mass is 10.2. The van der Waals surface area contributed by atoms with Crippen molar-refractivity contribution in [1.82, 2.24) is 9.97 Å². The summed E-state index contributed by atoms with van der Waals surface area (Å²) in [5.41, 5.74) is 8.11. The van der Waals surface area contributed by atoms with E-state index >= 15 is 0 Å². The Morgan fingerprint density at radius 3 is 2.36 bits per heavy atom. The number of benzene rings is 2. The van der Waals surface area contributed by atoms with Crippen molar-refractivity contribution in [3.05, 3.63) is 66.4 Å². The topological polar surface area (TPSA) is 95.2 Å². The van der Waals surface area contributed by atoms with Crippen LogP contribution < -0.4 is 10.5 Å². The zero-order valence-corrected chi connectivity index (χ0v) is 14.4. The van der Waals surface area contributed by atoms with Gasteiger partial charge in [-0.15, -0.1) is 0 Å². The predicted molar refractivity (Wildman–Crippen MR) is 95.8 cm³/mol. The number of nitrogen functional groups attached to an aromatic ring is 1. The molecular formula is C18H17N3O3S. The molecule has 6 nitrogen and oxygen atoms in total. The van der Waals surface area contributed by atoms with Gasteiger partial charge in [0.25, 0.3) is 5.88 Å². The first-order chi connectivity index (χ1) is 11.9. The zero-order valence-electron chi connectivity index (χ0n) is 13.6. The van der Waals surface area contributed by atoms with Crippen LogP contribution in [-0.2, 0) is 16.4 Å². The van der Waals surface area contributed by atoms with E-state index in [9.17, 15) is 8.42 Å². The van der Waals surface area contributed by atoms with E-state index in [1.807, 2.05) is 30.3 Å². The molecule has 0 radical (unpaired) electrons. The van der Waals surface area contributed by atoms with Gasteiger partial charge in [0.2, 0.25) is 0 Å². The van der Waals surface area contributed by atoms with Crippen molar-refractivity contribution in [2.24, 2.45) is 0 Å². The van der Waals surface area contributed by atoms with E-state index in [1.165, 1.54) is 24.6 Å². The van der Waals surface area contributed by atoms with Crippen molar-refractivity contribution < 1.29 is 13.2 Å². The summed E-state index contributed by atoms with van der Waals surface area (Å²) < 4.78 is 28.7. The first kappa shape index (κ1) is 16.9. The molecule has 0 saturated carbocycles. The van der Waals surface area contributed by atoms with Gasteiger partial charge >= 0.3 is 0 Å². The fraction of sp³-hybridized carbons (Fsp3) is 0.111. The summed E-state index contributed by atoms with van der Waals surface area (Å²) in [6.45, 7) is 0.330. The summed E-state index contributed by atoms with van der Waals surface area (Å²) in [4.78, 5) is 8.75. The second-order valence-corrected chi connectivity index (χ2v) is 7.53. The number of aromatic nitrogens is 2. The first-order valence-electron chi connectivity index (χ1n) is 7.53. The molecule has 128 valence electrons.